The number of carboxylic acids is 1. The van der Waals surface area contributed by atoms with Crippen molar-refractivity contribution in [2.45, 2.75) is 20.3 Å². The number of aliphatic carboxylic acids is 1. The number of thiazole rings is 1. The molecular weight excluding hydrogens is 234 g/mol. The van der Waals surface area contributed by atoms with Crippen LogP contribution in [0, 0.1) is 13.8 Å². The zero-order valence-corrected chi connectivity index (χ0v) is 10.5. The number of carboxylic acid groups (broad SMARTS) is 1. The summed E-state index contributed by atoms with van der Waals surface area (Å²) in [4.78, 5) is 16.1. The number of hydrogen-bond acceptors (Lipinski definition) is 3. The summed E-state index contributed by atoms with van der Waals surface area (Å²) in [7, 11) is 0. The molecule has 3 nitrogen and oxygen atoms in total. The lowest BCUT2D eigenvalue weighted by Crippen LogP contribution is -2.01. The van der Waals surface area contributed by atoms with E-state index in [1.165, 1.54) is 0 Å². The predicted octanol–water partition coefficient (Wildman–Crippen LogP) is 3.05. The largest absolute Gasteiger partial charge is 0.481 e. The first-order valence-corrected chi connectivity index (χ1v) is 6.13. The van der Waals surface area contributed by atoms with Crippen molar-refractivity contribution in [2.24, 2.45) is 0 Å². The maximum absolute atomic E-state index is 10.7. The molecule has 0 unspecified atom stereocenters. The van der Waals surface area contributed by atoms with Crippen molar-refractivity contribution >= 4 is 17.3 Å². The second kappa shape index (κ2) is 4.67. The van der Waals surface area contributed by atoms with E-state index in [9.17, 15) is 4.79 Å². The third-order valence-corrected chi connectivity index (χ3v) is 3.63. The molecule has 1 heterocycles. The monoisotopic (exact) mass is 247 g/mol. The van der Waals surface area contributed by atoms with Crippen molar-refractivity contribution in [1.29, 1.82) is 0 Å². The third kappa shape index (κ3) is 2.53. The quantitative estimate of drug-likeness (QED) is 0.906. The average molecular weight is 247 g/mol. The van der Waals surface area contributed by atoms with Gasteiger partial charge in [-0.2, -0.15) is 0 Å². The van der Waals surface area contributed by atoms with Gasteiger partial charge in [-0.25, -0.2) is 4.98 Å². The Morgan fingerprint density at radius 3 is 2.71 bits per heavy atom. The van der Waals surface area contributed by atoms with Crippen molar-refractivity contribution in [1.82, 2.24) is 4.98 Å². The van der Waals surface area contributed by atoms with Gasteiger partial charge in [0, 0.05) is 10.4 Å². The van der Waals surface area contributed by atoms with Crippen LogP contribution < -0.4 is 0 Å². The van der Waals surface area contributed by atoms with Crippen LogP contribution in [-0.4, -0.2) is 16.1 Å². The van der Waals surface area contributed by atoms with Crippen LogP contribution in [0.5, 0.6) is 0 Å². The minimum absolute atomic E-state index is 0.00574. The predicted molar refractivity (Wildman–Crippen MR) is 68.4 cm³/mol. The fourth-order valence-corrected chi connectivity index (χ4v) is 2.68. The van der Waals surface area contributed by atoms with Crippen LogP contribution in [0.25, 0.3) is 10.6 Å². The number of benzene rings is 1. The van der Waals surface area contributed by atoms with Crippen LogP contribution in [0.3, 0.4) is 0 Å². The second-order valence-corrected chi connectivity index (χ2v) is 5.11. The molecule has 2 aromatic rings. The maximum atomic E-state index is 10.7. The summed E-state index contributed by atoms with van der Waals surface area (Å²) in [5.41, 5.74) is 2.90. The number of carbonyl (C=O) groups is 1. The molecule has 1 aromatic heterocycles. The molecule has 0 fully saturated rings. The molecule has 4 heteroatoms. The molecular formula is C13H13NO2S. The summed E-state index contributed by atoms with van der Waals surface area (Å²) in [6.07, 6.45) is -0.00574. The third-order valence-electron chi connectivity index (χ3n) is 2.59. The molecule has 88 valence electrons. The molecule has 0 bridgehead atoms. The highest BCUT2D eigenvalue weighted by Crippen LogP contribution is 2.29. The molecule has 0 radical (unpaired) electrons. The smallest absolute Gasteiger partial charge is 0.309 e. The van der Waals surface area contributed by atoms with Gasteiger partial charge in [0.05, 0.1) is 12.1 Å². The van der Waals surface area contributed by atoms with Crippen molar-refractivity contribution in [3.63, 3.8) is 0 Å². The highest BCUT2D eigenvalue weighted by molar-refractivity contribution is 7.15. The molecule has 0 amide bonds. The Morgan fingerprint density at radius 1 is 1.35 bits per heavy atom. The molecule has 0 aliphatic carbocycles. The summed E-state index contributed by atoms with van der Waals surface area (Å²) < 4.78 is 0. The second-order valence-electron chi connectivity index (χ2n) is 3.91. The summed E-state index contributed by atoms with van der Waals surface area (Å²) in [5.74, 6) is -0.838. The fraction of sp³-hybridized carbons (Fsp3) is 0.231. The van der Waals surface area contributed by atoms with Crippen molar-refractivity contribution < 1.29 is 9.90 Å². The van der Waals surface area contributed by atoms with E-state index in [0.29, 0.717) is 5.69 Å². The highest BCUT2D eigenvalue weighted by atomic mass is 32.1. The van der Waals surface area contributed by atoms with Gasteiger partial charge in [0.25, 0.3) is 0 Å². The number of aromatic nitrogens is 1. The van der Waals surface area contributed by atoms with E-state index in [4.69, 9.17) is 5.11 Å². The van der Waals surface area contributed by atoms with Crippen LogP contribution >= 0.6 is 11.3 Å². The van der Waals surface area contributed by atoms with Gasteiger partial charge >= 0.3 is 5.97 Å². The van der Waals surface area contributed by atoms with E-state index in [1.54, 1.807) is 11.3 Å². The van der Waals surface area contributed by atoms with Gasteiger partial charge in [-0.1, -0.05) is 24.3 Å². The Balaban J connectivity index is 2.41. The van der Waals surface area contributed by atoms with Crippen LogP contribution in [0.2, 0.25) is 0 Å². The van der Waals surface area contributed by atoms with Crippen LogP contribution in [0.4, 0.5) is 0 Å². The van der Waals surface area contributed by atoms with Gasteiger partial charge in [0.2, 0.25) is 0 Å². The first-order chi connectivity index (χ1) is 8.08. The highest BCUT2D eigenvalue weighted by Gasteiger charge is 2.13. The lowest BCUT2D eigenvalue weighted by atomic mass is 10.1. The van der Waals surface area contributed by atoms with E-state index in [0.717, 1.165) is 21.0 Å². The number of aryl methyl sites for hydroxylation is 2. The van der Waals surface area contributed by atoms with Crippen LogP contribution in [0.1, 0.15) is 16.1 Å². The molecule has 0 atom stereocenters. The Kier molecular flexibility index (Phi) is 3.24. The Bertz CT molecular complexity index is 560. The van der Waals surface area contributed by atoms with Crippen molar-refractivity contribution in [2.75, 3.05) is 0 Å². The molecule has 0 aliphatic rings. The fourth-order valence-electron chi connectivity index (χ4n) is 1.66. The molecule has 1 N–H and O–H groups in total. The Labute approximate surface area is 104 Å². The SMILES string of the molecule is Cc1ccccc1-c1nc(CC(=O)O)c(C)s1. The molecule has 0 aliphatic heterocycles. The van der Waals surface area contributed by atoms with Gasteiger partial charge in [0.1, 0.15) is 5.01 Å². The first kappa shape index (κ1) is 11.8. The van der Waals surface area contributed by atoms with Gasteiger partial charge in [0.15, 0.2) is 0 Å². The van der Waals surface area contributed by atoms with Crippen molar-refractivity contribution in [3.05, 3.63) is 40.4 Å². The summed E-state index contributed by atoms with van der Waals surface area (Å²) in [5, 5.41) is 9.69. The molecule has 17 heavy (non-hydrogen) atoms. The minimum atomic E-state index is -0.838. The molecule has 0 spiro atoms. The number of hydrogen-bond donors (Lipinski definition) is 1. The lowest BCUT2D eigenvalue weighted by molar-refractivity contribution is -0.136. The van der Waals surface area contributed by atoms with E-state index in [1.807, 2.05) is 38.1 Å². The summed E-state index contributed by atoms with van der Waals surface area (Å²) in [6, 6.07) is 7.99. The van der Waals surface area contributed by atoms with E-state index in [-0.39, 0.29) is 6.42 Å². The zero-order chi connectivity index (χ0) is 12.4. The molecule has 2 rings (SSSR count). The normalized spacial score (nSPS) is 10.5. The zero-order valence-electron chi connectivity index (χ0n) is 9.73. The van der Waals surface area contributed by atoms with Gasteiger partial charge in [-0.15, -0.1) is 11.3 Å². The first-order valence-electron chi connectivity index (χ1n) is 5.32. The summed E-state index contributed by atoms with van der Waals surface area (Å²) in [6.45, 7) is 3.95. The van der Waals surface area contributed by atoms with E-state index < -0.39 is 5.97 Å². The van der Waals surface area contributed by atoms with Gasteiger partial charge in [-0.05, 0) is 19.4 Å². The minimum Gasteiger partial charge on any atom is -0.481 e. The standard InChI is InChI=1S/C13H13NO2S/c1-8-5-3-4-6-10(8)13-14-11(7-12(15)16)9(2)17-13/h3-6H,7H2,1-2H3,(H,15,16). The van der Waals surface area contributed by atoms with Crippen LogP contribution in [0.15, 0.2) is 24.3 Å². The van der Waals surface area contributed by atoms with Gasteiger partial charge in [-0.3, -0.25) is 4.79 Å². The van der Waals surface area contributed by atoms with Gasteiger partial charge < -0.3 is 5.11 Å². The molecule has 0 saturated carbocycles. The topological polar surface area (TPSA) is 50.2 Å². The van der Waals surface area contributed by atoms with Crippen molar-refractivity contribution in [3.8, 4) is 10.6 Å². The van der Waals surface area contributed by atoms with E-state index >= 15 is 0 Å². The molecule has 1 aromatic carbocycles. The average Bonchev–Trinajstić information content (AvgIpc) is 2.60. The lowest BCUT2D eigenvalue weighted by Gasteiger charge is -1.99. The number of nitrogens with zero attached hydrogens (tertiary/aromatic N) is 1. The Morgan fingerprint density at radius 2 is 2.06 bits per heavy atom. The van der Waals surface area contributed by atoms with Crippen LogP contribution in [-0.2, 0) is 11.2 Å². The summed E-state index contributed by atoms with van der Waals surface area (Å²) >= 11 is 1.55. The maximum Gasteiger partial charge on any atom is 0.309 e. The Hall–Kier alpha value is -1.68. The van der Waals surface area contributed by atoms with E-state index in [2.05, 4.69) is 4.98 Å². The number of rotatable bonds is 3. The molecule has 0 saturated heterocycles.